The van der Waals surface area contributed by atoms with Crippen molar-refractivity contribution >= 4 is 11.8 Å². The van der Waals surface area contributed by atoms with Crippen molar-refractivity contribution in [3.63, 3.8) is 0 Å². The molecule has 120 valence electrons. The molecular weight excluding hydrogens is 290 g/mol. The maximum Gasteiger partial charge on any atom is 0.414 e. The number of aryl methyl sites for hydroxylation is 1. The summed E-state index contributed by atoms with van der Waals surface area (Å²) in [6.45, 7) is 4.07. The molecule has 1 fully saturated rings. The Morgan fingerprint density at radius 1 is 1.26 bits per heavy atom. The molecule has 3 rings (SSSR count). The smallest absolute Gasteiger partial charge is 0.414 e. The topological polar surface area (TPSA) is 49.8 Å². The van der Waals surface area contributed by atoms with Crippen LogP contribution in [0.4, 0.5) is 10.5 Å². The fourth-order valence-electron chi connectivity index (χ4n) is 2.99. The van der Waals surface area contributed by atoms with E-state index in [1.54, 1.807) is 11.8 Å². The predicted octanol–water partition coefficient (Wildman–Crippen LogP) is 3.62. The molecule has 1 N–H and O–H groups in total. The average Bonchev–Trinajstić information content (AvgIpc) is 2.88. The molecule has 0 spiro atoms. The Kier molecular flexibility index (Phi) is 4.35. The molecule has 2 atom stereocenters. The maximum absolute atomic E-state index is 12.2. The number of carbonyl (C=O) groups is 1. The van der Waals surface area contributed by atoms with Gasteiger partial charge in [-0.1, -0.05) is 36.4 Å². The van der Waals surface area contributed by atoms with Crippen LogP contribution in [0.2, 0.25) is 0 Å². The normalized spacial score (nSPS) is 18.8. The van der Waals surface area contributed by atoms with Gasteiger partial charge in [0.2, 0.25) is 0 Å². The summed E-state index contributed by atoms with van der Waals surface area (Å²) in [6, 6.07) is 15.8. The van der Waals surface area contributed by atoms with Gasteiger partial charge in [0.1, 0.15) is 6.61 Å². The summed E-state index contributed by atoms with van der Waals surface area (Å²) >= 11 is 0. The van der Waals surface area contributed by atoms with Crippen molar-refractivity contribution in [2.75, 3.05) is 11.5 Å². The molecule has 1 aliphatic rings. The van der Waals surface area contributed by atoms with Crippen LogP contribution in [0.25, 0.3) is 0 Å². The van der Waals surface area contributed by atoms with Crippen LogP contribution in [0, 0.1) is 6.92 Å². The molecule has 1 unspecified atom stereocenters. The summed E-state index contributed by atoms with van der Waals surface area (Å²) in [5.74, 6) is 0. The van der Waals surface area contributed by atoms with E-state index in [1.807, 2.05) is 43.3 Å². The Balaban J connectivity index is 1.91. The van der Waals surface area contributed by atoms with E-state index in [1.165, 1.54) is 5.56 Å². The van der Waals surface area contributed by atoms with E-state index < -0.39 is 6.10 Å². The SMILES string of the molecule is Cc1cc(C(C)O)cc(N2C(=O)OC[C@@H]2Cc2ccccc2)c1. The summed E-state index contributed by atoms with van der Waals surface area (Å²) in [7, 11) is 0. The number of anilines is 1. The summed E-state index contributed by atoms with van der Waals surface area (Å²) in [5, 5.41) is 9.85. The molecule has 4 heteroatoms. The first kappa shape index (κ1) is 15.6. The van der Waals surface area contributed by atoms with Gasteiger partial charge in [0, 0.05) is 5.69 Å². The Hall–Kier alpha value is -2.33. The van der Waals surface area contributed by atoms with Gasteiger partial charge in [0.15, 0.2) is 0 Å². The minimum absolute atomic E-state index is 0.0338. The number of benzene rings is 2. The van der Waals surface area contributed by atoms with Crippen LogP contribution in [-0.2, 0) is 11.2 Å². The number of nitrogens with zero attached hydrogens (tertiary/aromatic N) is 1. The highest BCUT2D eigenvalue weighted by molar-refractivity contribution is 5.90. The van der Waals surface area contributed by atoms with Crippen LogP contribution in [0.1, 0.15) is 29.7 Å². The Morgan fingerprint density at radius 2 is 2.00 bits per heavy atom. The molecular formula is C19H21NO3. The highest BCUT2D eigenvalue weighted by atomic mass is 16.6. The second-order valence-electron chi connectivity index (χ2n) is 6.07. The van der Waals surface area contributed by atoms with Crippen LogP contribution < -0.4 is 4.90 Å². The Morgan fingerprint density at radius 3 is 2.70 bits per heavy atom. The van der Waals surface area contributed by atoms with E-state index in [4.69, 9.17) is 4.74 Å². The van der Waals surface area contributed by atoms with Gasteiger partial charge in [-0.2, -0.15) is 0 Å². The molecule has 1 amide bonds. The minimum Gasteiger partial charge on any atom is -0.447 e. The number of cyclic esters (lactones) is 1. The molecule has 0 aliphatic carbocycles. The number of rotatable bonds is 4. The maximum atomic E-state index is 12.2. The van der Waals surface area contributed by atoms with E-state index in [-0.39, 0.29) is 12.1 Å². The predicted molar refractivity (Wildman–Crippen MR) is 89.6 cm³/mol. The third kappa shape index (κ3) is 3.37. The van der Waals surface area contributed by atoms with Gasteiger partial charge in [0.25, 0.3) is 0 Å². The highest BCUT2D eigenvalue weighted by Crippen LogP contribution is 2.29. The number of hydrogen-bond acceptors (Lipinski definition) is 3. The summed E-state index contributed by atoms with van der Waals surface area (Å²) in [5.41, 5.74) is 3.77. The first-order chi connectivity index (χ1) is 11.0. The zero-order valence-electron chi connectivity index (χ0n) is 13.4. The van der Waals surface area contributed by atoms with E-state index >= 15 is 0 Å². The quantitative estimate of drug-likeness (QED) is 0.938. The molecule has 1 aliphatic heterocycles. The largest absolute Gasteiger partial charge is 0.447 e. The molecule has 1 saturated heterocycles. The van der Waals surface area contributed by atoms with E-state index in [0.717, 1.165) is 23.2 Å². The van der Waals surface area contributed by atoms with Crippen molar-refractivity contribution in [2.45, 2.75) is 32.4 Å². The van der Waals surface area contributed by atoms with E-state index in [2.05, 4.69) is 12.1 Å². The van der Waals surface area contributed by atoms with Gasteiger partial charge in [0.05, 0.1) is 12.1 Å². The standard InChI is InChI=1S/C19H21NO3/c1-13-8-16(14(2)21)11-17(9-13)20-18(12-23-19(20)22)10-15-6-4-3-5-7-15/h3-9,11,14,18,21H,10,12H2,1-2H3/t14?,18-/m0/s1. The van der Waals surface area contributed by atoms with E-state index in [0.29, 0.717) is 6.61 Å². The summed E-state index contributed by atoms with van der Waals surface area (Å²) in [4.78, 5) is 13.9. The molecule has 2 aromatic carbocycles. The highest BCUT2D eigenvalue weighted by Gasteiger charge is 2.34. The summed E-state index contributed by atoms with van der Waals surface area (Å²) < 4.78 is 5.27. The fourth-order valence-corrected chi connectivity index (χ4v) is 2.99. The third-order valence-corrected chi connectivity index (χ3v) is 4.12. The third-order valence-electron chi connectivity index (χ3n) is 4.12. The second-order valence-corrected chi connectivity index (χ2v) is 6.07. The van der Waals surface area contributed by atoms with Crippen LogP contribution in [0.3, 0.4) is 0 Å². The Bertz CT molecular complexity index is 697. The molecule has 0 radical (unpaired) electrons. The number of carbonyl (C=O) groups excluding carboxylic acids is 1. The number of aliphatic hydroxyl groups excluding tert-OH is 1. The van der Waals surface area contributed by atoms with Crippen molar-refractivity contribution < 1.29 is 14.6 Å². The zero-order valence-corrected chi connectivity index (χ0v) is 13.4. The minimum atomic E-state index is -0.570. The van der Waals surface area contributed by atoms with Gasteiger partial charge in [-0.3, -0.25) is 4.90 Å². The number of amides is 1. The van der Waals surface area contributed by atoms with Crippen molar-refractivity contribution in [1.82, 2.24) is 0 Å². The molecule has 1 heterocycles. The monoisotopic (exact) mass is 311 g/mol. The van der Waals surface area contributed by atoms with Crippen LogP contribution in [0.15, 0.2) is 48.5 Å². The number of hydrogen-bond donors (Lipinski definition) is 1. The van der Waals surface area contributed by atoms with E-state index in [9.17, 15) is 9.90 Å². The van der Waals surface area contributed by atoms with Crippen molar-refractivity contribution in [3.8, 4) is 0 Å². The zero-order chi connectivity index (χ0) is 16.4. The first-order valence-electron chi connectivity index (χ1n) is 7.84. The van der Waals surface area contributed by atoms with Crippen LogP contribution >= 0.6 is 0 Å². The lowest BCUT2D eigenvalue weighted by molar-refractivity contribution is 0.178. The number of ether oxygens (including phenoxy) is 1. The molecule has 0 aromatic heterocycles. The first-order valence-corrected chi connectivity index (χ1v) is 7.84. The average molecular weight is 311 g/mol. The molecule has 0 bridgehead atoms. The van der Waals surface area contributed by atoms with Gasteiger partial charge >= 0.3 is 6.09 Å². The lowest BCUT2D eigenvalue weighted by atomic mass is 10.0. The molecule has 23 heavy (non-hydrogen) atoms. The second kappa shape index (κ2) is 6.42. The lowest BCUT2D eigenvalue weighted by Gasteiger charge is -2.23. The van der Waals surface area contributed by atoms with Crippen LogP contribution in [0.5, 0.6) is 0 Å². The van der Waals surface area contributed by atoms with Crippen molar-refractivity contribution in [3.05, 3.63) is 65.2 Å². The van der Waals surface area contributed by atoms with Gasteiger partial charge in [-0.15, -0.1) is 0 Å². The van der Waals surface area contributed by atoms with Gasteiger partial charge in [-0.25, -0.2) is 4.79 Å². The number of aliphatic hydroxyl groups is 1. The lowest BCUT2D eigenvalue weighted by Crippen LogP contribution is -2.35. The summed E-state index contributed by atoms with van der Waals surface area (Å²) in [6.07, 6.45) is -0.155. The molecule has 4 nitrogen and oxygen atoms in total. The van der Waals surface area contributed by atoms with Gasteiger partial charge in [-0.05, 0) is 49.1 Å². The van der Waals surface area contributed by atoms with Crippen molar-refractivity contribution in [1.29, 1.82) is 0 Å². The Labute approximate surface area is 136 Å². The van der Waals surface area contributed by atoms with Crippen molar-refractivity contribution in [2.24, 2.45) is 0 Å². The van der Waals surface area contributed by atoms with Crippen LogP contribution in [-0.4, -0.2) is 23.8 Å². The van der Waals surface area contributed by atoms with Gasteiger partial charge < -0.3 is 9.84 Å². The molecule has 0 saturated carbocycles. The molecule has 2 aromatic rings. The fraction of sp³-hybridized carbons (Fsp3) is 0.316.